The number of nitrogens with two attached hydrogens (primary N) is 2. The van der Waals surface area contributed by atoms with E-state index in [9.17, 15) is 4.79 Å². The van der Waals surface area contributed by atoms with Gasteiger partial charge in [-0.15, -0.1) is 0 Å². The summed E-state index contributed by atoms with van der Waals surface area (Å²) in [4.78, 5) is 13.1. The SMILES string of the molecule is CN(CCN)Cc1cccc(C(N)=O)c1. The molecule has 0 aliphatic rings. The first kappa shape index (κ1) is 11.7. The molecule has 0 saturated heterocycles. The molecule has 4 N–H and O–H groups in total. The molecule has 4 heteroatoms. The van der Waals surface area contributed by atoms with Gasteiger partial charge >= 0.3 is 0 Å². The van der Waals surface area contributed by atoms with Crippen molar-refractivity contribution in [3.05, 3.63) is 35.4 Å². The molecule has 1 amide bonds. The van der Waals surface area contributed by atoms with Crippen molar-refractivity contribution in [3.63, 3.8) is 0 Å². The molecule has 0 aliphatic heterocycles. The standard InChI is InChI=1S/C11H17N3O/c1-14(6-5-12)8-9-3-2-4-10(7-9)11(13)15/h2-4,7H,5-6,8,12H2,1H3,(H2,13,15). The number of rotatable bonds is 5. The van der Waals surface area contributed by atoms with Crippen LogP contribution in [0.1, 0.15) is 15.9 Å². The van der Waals surface area contributed by atoms with E-state index in [1.54, 1.807) is 6.07 Å². The van der Waals surface area contributed by atoms with Crippen LogP contribution in [0.5, 0.6) is 0 Å². The van der Waals surface area contributed by atoms with Crippen LogP contribution in [0.4, 0.5) is 0 Å². The largest absolute Gasteiger partial charge is 0.366 e. The van der Waals surface area contributed by atoms with E-state index in [1.165, 1.54) is 0 Å². The van der Waals surface area contributed by atoms with E-state index < -0.39 is 5.91 Å². The van der Waals surface area contributed by atoms with Crippen LogP contribution in [-0.4, -0.2) is 30.9 Å². The maximum atomic E-state index is 11.0. The fraction of sp³-hybridized carbons (Fsp3) is 0.364. The summed E-state index contributed by atoms with van der Waals surface area (Å²) < 4.78 is 0. The fourth-order valence-corrected chi connectivity index (χ4v) is 1.43. The van der Waals surface area contributed by atoms with Gasteiger partial charge < -0.3 is 16.4 Å². The number of amides is 1. The molecular formula is C11H17N3O. The second-order valence-electron chi connectivity index (χ2n) is 3.59. The number of likely N-dealkylation sites (N-methyl/N-ethyl adjacent to an activating group) is 1. The maximum absolute atomic E-state index is 11.0. The lowest BCUT2D eigenvalue weighted by Gasteiger charge is -2.15. The minimum atomic E-state index is -0.390. The molecule has 0 heterocycles. The van der Waals surface area contributed by atoms with Gasteiger partial charge in [0.05, 0.1) is 0 Å². The van der Waals surface area contributed by atoms with Crippen LogP contribution in [0.25, 0.3) is 0 Å². The third-order valence-corrected chi connectivity index (χ3v) is 2.17. The Kier molecular flexibility index (Phi) is 4.27. The van der Waals surface area contributed by atoms with Crippen LogP contribution >= 0.6 is 0 Å². The van der Waals surface area contributed by atoms with E-state index in [4.69, 9.17) is 11.5 Å². The number of nitrogens with zero attached hydrogens (tertiary/aromatic N) is 1. The Balaban J connectivity index is 2.69. The molecular weight excluding hydrogens is 190 g/mol. The van der Waals surface area contributed by atoms with Gasteiger partial charge in [-0.05, 0) is 24.7 Å². The summed E-state index contributed by atoms with van der Waals surface area (Å²) in [5.74, 6) is -0.390. The van der Waals surface area contributed by atoms with Gasteiger partial charge in [0.25, 0.3) is 0 Å². The van der Waals surface area contributed by atoms with E-state index in [-0.39, 0.29) is 0 Å². The van der Waals surface area contributed by atoms with E-state index in [0.29, 0.717) is 12.1 Å². The van der Waals surface area contributed by atoms with Crippen LogP contribution in [0.15, 0.2) is 24.3 Å². The Hall–Kier alpha value is -1.39. The summed E-state index contributed by atoms with van der Waals surface area (Å²) in [5, 5.41) is 0. The lowest BCUT2D eigenvalue weighted by molar-refractivity contribution is 0.1000. The van der Waals surface area contributed by atoms with Crippen molar-refractivity contribution >= 4 is 5.91 Å². The molecule has 0 aliphatic carbocycles. The normalized spacial score (nSPS) is 10.6. The maximum Gasteiger partial charge on any atom is 0.248 e. The zero-order valence-corrected chi connectivity index (χ0v) is 8.94. The van der Waals surface area contributed by atoms with Crippen LogP contribution in [0.2, 0.25) is 0 Å². The zero-order valence-electron chi connectivity index (χ0n) is 8.94. The van der Waals surface area contributed by atoms with Gasteiger partial charge in [-0.3, -0.25) is 4.79 Å². The van der Waals surface area contributed by atoms with Crippen molar-refractivity contribution < 1.29 is 4.79 Å². The minimum absolute atomic E-state index is 0.390. The summed E-state index contributed by atoms with van der Waals surface area (Å²) in [6.45, 7) is 2.24. The molecule has 4 nitrogen and oxygen atoms in total. The number of carbonyl (C=O) groups excluding carboxylic acids is 1. The smallest absolute Gasteiger partial charge is 0.248 e. The summed E-state index contributed by atoms with van der Waals surface area (Å²) in [6, 6.07) is 7.34. The average Bonchev–Trinajstić information content (AvgIpc) is 2.18. The predicted octanol–water partition coefficient (Wildman–Crippen LogP) is 0.176. The first-order chi connectivity index (χ1) is 7.13. The van der Waals surface area contributed by atoms with Gasteiger partial charge in [0.15, 0.2) is 0 Å². The topological polar surface area (TPSA) is 72.3 Å². The van der Waals surface area contributed by atoms with E-state index >= 15 is 0 Å². The molecule has 0 spiro atoms. The van der Waals surface area contributed by atoms with Gasteiger partial charge in [-0.25, -0.2) is 0 Å². The van der Waals surface area contributed by atoms with Gasteiger partial charge in [0.1, 0.15) is 0 Å². The second kappa shape index (κ2) is 5.48. The summed E-state index contributed by atoms with van der Waals surface area (Å²) in [7, 11) is 1.99. The summed E-state index contributed by atoms with van der Waals surface area (Å²) in [6.07, 6.45) is 0. The van der Waals surface area contributed by atoms with Crippen LogP contribution in [0.3, 0.4) is 0 Å². The highest BCUT2D eigenvalue weighted by molar-refractivity contribution is 5.92. The third-order valence-electron chi connectivity index (χ3n) is 2.17. The summed E-state index contributed by atoms with van der Waals surface area (Å²) in [5.41, 5.74) is 12.3. The monoisotopic (exact) mass is 207 g/mol. The van der Waals surface area contributed by atoms with Crippen molar-refractivity contribution in [3.8, 4) is 0 Å². The predicted molar refractivity (Wildman–Crippen MR) is 60.3 cm³/mol. The number of hydrogen-bond donors (Lipinski definition) is 2. The van der Waals surface area contributed by atoms with E-state index in [2.05, 4.69) is 4.90 Å². The lowest BCUT2D eigenvalue weighted by Crippen LogP contribution is -2.25. The number of primary amides is 1. The van der Waals surface area contributed by atoms with Gasteiger partial charge in [-0.2, -0.15) is 0 Å². The molecule has 1 aromatic carbocycles. The molecule has 0 aromatic heterocycles. The molecule has 1 rings (SSSR count). The second-order valence-corrected chi connectivity index (χ2v) is 3.59. The molecule has 15 heavy (non-hydrogen) atoms. The first-order valence-corrected chi connectivity index (χ1v) is 4.91. The molecule has 82 valence electrons. The highest BCUT2D eigenvalue weighted by Gasteiger charge is 2.03. The Morgan fingerprint density at radius 1 is 1.47 bits per heavy atom. The molecule has 0 radical (unpaired) electrons. The number of hydrogen-bond acceptors (Lipinski definition) is 3. The third kappa shape index (κ3) is 3.69. The van der Waals surface area contributed by atoms with Gasteiger partial charge in [-0.1, -0.05) is 12.1 Å². The highest BCUT2D eigenvalue weighted by atomic mass is 16.1. The lowest BCUT2D eigenvalue weighted by atomic mass is 10.1. The van der Waals surface area contributed by atoms with Gasteiger partial charge in [0, 0.05) is 25.2 Å². The van der Waals surface area contributed by atoms with Crippen LogP contribution in [0, 0.1) is 0 Å². The highest BCUT2D eigenvalue weighted by Crippen LogP contribution is 2.06. The van der Waals surface area contributed by atoms with E-state index in [0.717, 1.165) is 18.7 Å². The molecule has 0 unspecified atom stereocenters. The van der Waals surface area contributed by atoms with Gasteiger partial charge in [0.2, 0.25) is 5.91 Å². The summed E-state index contributed by atoms with van der Waals surface area (Å²) >= 11 is 0. The fourth-order valence-electron chi connectivity index (χ4n) is 1.43. The Labute approximate surface area is 89.9 Å². The minimum Gasteiger partial charge on any atom is -0.366 e. The van der Waals surface area contributed by atoms with Crippen molar-refractivity contribution in [1.82, 2.24) is 4.90 Å². The first-order valence-electron chi connectivity index (χ1n) is 4.91. The molecule has 0 bridgehead atoms. The van der Waals surface area contributed by atoms with Crippen molar-refractivity contribution in [2.75, 3.05) is 20.1 Å². The Morgan fingerprint density at radius 2 is 2.20 bits per heavy atom. The Bertz CT molecular complexity index is 338. The molecule has 0 saturated carbocycles. The number of carbonyl (C=O) groups is 1. The van der Waals surface area contributed by atoms with E-state index in [1.807, 2.05) is 25.2 Å². The Morgan fingerprint density at radius 3 is 2.80 bits per heavy atom. The average molecular weight is 207 g/mol. The van der Waals surface area contributed by atoms with Crippen LogP contribution < -0.4 is 11.5 Å². The van der Waals surface area contributed by atoms with Crippen LogP contribution in [-0.2, 0) is 6.54 Å². The molecule has 1 aromatic rings. The number of benzene rings is 1. The molecule has 0 fully saturated rings. The van der Waals surface area contributed by atoms with Crippen molar-refractivity contribution in [1.29, 1.82) is 0 Å². The van der Waals surface area contributed by atoms with Crippen molar-refractivity contribution in [2.24, 2.45) is 11.5 Å². The zero-order chi connectivity index (χ0) is 11.3. The van der Waals surface area contributed by atoms with Crippen molar-refractivity contribution in [2.45, 2.75) is 6.54 Å². The quantitative estimate of drug-likeness (QED) is 0.723. The molecule has 0 atom stereocenters.